The molecule has 6 nitrogen and oxygen atoms in total. The highest BCUT2D eigenvalue weighted by Gasteiger charge is 2.16. The van der Waals surface area contributed by atoms with E-state index in [0.29, 0.717) is 5.75 Å². The van der Waals surface area contributed by atoms with Crippen LogP contribution in [0.1, 0.15) is 10.4 Å². The lowest BCUT2D eigenvalue weighted by atomic mass is 10.2. The highest BCUT2D eigenvalue weighted by atomic mass is 32.2. The molecule has 0 saturated carbocycles. The third-order valence-corrected chi connectivity index (χ3v) is 4.09. The lowest BCUT2D eigenvalue weighted by molar-refractivity contribution is -0.255. The summed E-state index contributed by atoms with van der Waals surface area (Å²) in [6, 6.07) is 11.4. The smallest absolute Gasteiger partial charge is 0.262 e. The monoisotopic (exact) mass is 306 g/mol. The molecular formula is C14H12NO5S-. The number of ether oxygens (including phenoxy) is 1. The number of carbonyl (C=O) groups excluding carboxylic acids is 1. The first-order valence-corrected chi connectivity index (χ1v) is 7.39. The highest BCUT2D eigenvalue weighted by molar-refractivity contribution is 7.92. The molecule has 21 heavy (non-hydrogen) atoms. The number of carboxylic acid groups (broad SMARTS) is 1. The normalized spacial score (nSPS) is 10.9. The molecule has 0 fully saturated rings. The van der Waals surface area contributed by atoms with Gasteiger partial charge < -0.3 is 14.6 Å². The van der Waals surface area contributed by atoms with Gasteiger partial charge in [0, 0.05) is 0 Å². The van der Waals surface area contributed by atoms with Crippen LogP contribution < -0.4 is 14.6 Å². The quantitative estimate of drug-likeness (QED) is 0.884. The van der Waals surface area contributed by atoms with Crippen LogP contribution in [0.25, 0.3) is 0 Å². The Morgan fingerprint density at radius 1 is 1.14 bits per heavy atom. The zero-order valence-corrected chi connectivity index (χ0v) is 11.9. The Morgan fingerprint density at radius 3 is 2.52 bits per heavy atom. The molecule has 0 radical (unpaired) electrons. The first kappa shape index (κ1) is 14.9. The number of carboxylic acids is 1. The lowest BCUT2D eigenvalue weighted by Crippen LogP contribution is -2.23. The van der Waals surface area contributed by atoms with Crippen LogP contribution in [0.5, 0.6) is 5.75 Å². The fourth-order valence-corrected chi connectivity index (χ4v) is 2.84. The Kier molecular flexibility index (Phi) is 4.13. The number of hydrogen-bond acceptors (Lipinski definition) is 5. The van der Waals surface area contributed by atoms with Crippen LogP contribution >= 0.6 is 0 Å². The van der Waals surface area contributed by atoms with Crippen molar-refractivity contribution in [1.29, 1.82) is 0 Å². The van der Waals surface area contributed by atoms with E-state index in [-0.39, 0.29) is 16.1 Å². The maximum atomic E-state index is 12.3. The minimum Gasteiger partial charge on any atom is -0.545 e. The summed E-state index contributed by atoms with van der Waals surface area (Å²) in [6.07, 6.45) is 0. The molecule has 1 N–H and O–H groups in total. The van der Waals surface area contributed by atoms with Gasteiger partial charge in [0.05, 0.1) is 23.7 Å². The second-order valence-electron chi connectivity index (χ2n) is 4.12. The molecule has 0 heterocycles. The molecule has 0 aromatic heterocycles. The van der Waals surface area contributed by atoms with Gasteiger partial charge in [-0.15, -0.1) is 0 Å². The summed E-state index contributed by atoms with van der Waals surface area (Å²) >= 11 is 0. The first-order chi connectivity index (χ1) is 9.94. The van der Waals surface area contributed by atoms with Crippen molar-refractivity contribution in [3.05, 3.63) is 54.1 Å². The van der Waals surface area contributed by atoms with Crippen molar-refractivity contribution >= 4 is 21.7 Å². The predicted octanol–water partition coefficient (Wildman–Crippen LogP) is 0.859. The van der Waals surface area contributed by atoms with Gasteiger partial charge in [0.15, 0.2) is 0 Å². The first-order valence-electron chi connectivity index (χ1n) is 5.91. The molecular weight excluding hydrogens is 294 g/mol. The van der Waals surface area contributed by atoms with Crippen molar-refractivity contribution in [3.8, 4) is 5.75 Å². The lowest BCUT2D eigenvalue weighted by Gasteiger charge is -2.12. The topological polar surface area (TPSA) is 95.5 Å². The maximum Gasteiger partial charge on any atom is 0.262 e. The van der Waals surface area contributed by atoms with E-state index < -0.39 is 16.0 Å². The molecule has 0 aliphatic rings. The second-order valence-corrected chi connectivity index (χ2v) is 5.80. The number of benzene rings is 2. The number of methoxy groups -OCH3 is 1. The Morgan fingerprint density at radius 2 is 1.86 bits per heavy atom. The molecule has 0 aliphatic carbocycles. The Balaban J connectivity index is 2.39. The number of nitrogens with one attached hydrogen (secondary N) is 1. The average molecular weight is 306 g/mol. The van der Waals surface area contributed by atoms with Crippen LogP contribution in [0, 0.1) is 0 Å². The van der Waals surface area contributed by atoms with Gasteiger partial charge in [-0.05, 0) is 29.8 Å². The largest absolute Gasteiger partial charge is 0.545 e. The Bertz CT molecular complexity index is 770. The zero-order valence-electron chi connectivity index (χ0n) is 11.1. The van der Waals surface area contributed by atoms with Crippen LogP contribution in [0.2, 0.25) is 0 Å². The Labute approximate surface area is 122 Å². The standard InChI is InChI=1S/C14H13NO5S/c1-20-13-8-3-2-7-12(13)15-21(18,19)11-6-4-5-10(9-11)14(16)17/h2-9,15H,1H3,(H,16,17)/p-1. The van der Waals surface area contributed by atoms with Gasteiger partial charge in [-0.25, -0.2) is 8.42 Å². The van der Waals surface area contributed by atoms with Crippen LogP contribution in [-0.2, 0) is 10.0 Å². The van der Waals surface area contributed by atoms with Crippen LogP contribution in [-0.4, -0.2) is 21.5 Å². The summed E-state index contributed by atoms with van der Waals surface area (Å²) in [5.41, 5.74) is 0.0526. The Hall–Kier alpha value is -2.54. The van der Waals surface area contributed by atoms with Gasteiger partial charge in [0.1, 0.15) is 5.75 Å². The van der Waals surface area contributed by atoms with Gasteiger partial charge in [-0.3, -0.25) is 4.72 Å². The van der Waals surface area contributed by atoms with Crippen molar-refractivity contribution in [2.75, 3.05) is 11.8 Å². The van der Waals surface area contributed by atoms with Crippen LogP contribution in [0.15, 0.2) is 53.4 Å². The van der Waals surface area contributed by atoms with E-state index >= 15 is 0 Å². The molecule has 0 atom stereocenters. The fourth-order valence-electron chi connectivity index (χ4n) is 1.72. The van der Waals surface area contributed by atoms with Gasteiger partial charge in [-0.1, -0.05) is 24.3 Å². The summed E-state index contributed by atoms with van der Waals surface area (Å²) in [5.74, 6) is -1.08. The average Bonchev–Trinajstić information content (AvgIpc) is 2.47. The number of hydrogen-bond donors (Lipinski definition) is 1. The molecule has 0 amide bonds. The minimum absolute atomic E-state index is 0.171. The number of para-hydroxylation sites is 2. The molecule has 2 rings (SSSR count). The molecule has 110 valence electrons. The van der Waals surface area contributed by atoms with E-state index in [4.69, 9.17) is 4.74 Å². The SMILES string of the molecule is COc1ccccc1NS(=O)(=O)c1cccc(C(=O)[O-])c1. The van der Waals surface area contributed by atoms with E-state index in [1.165, 1.54) is 25.3 Å². The van der Waals surface area contributed by atoms with Gasteiger partial charge in [0.2, 0.25) is 0 Å². The van der Waals surface area contributed by atoms with E-state index in [2.05, 4.69) is 4.72 Å². The number of anilines is 1. The third kappa shape index (κ3) is 3.32. The van der Waals surface area contributed by atoms with Crippen molar-refractivity contribution in [3.63, 3.8) is 0 Å². The summed E-state index contributed by atoms with van der Waals surface area (Å²) in [6.45, 7) is 0. The maximum absolute atomic E-state index is 12.3. The molecule has 0 spiro atoms. The zero-order chi connectivity index (χ0) is 15.5. The summed E-state index contributed by atoms with van der Waals surface area (Å²) in [4.78, 5) is 10.6. The third-order valence-electron chi connectivity index (χ3n) is 2.73. The number of aromatic carboxylic acids is 1. The number of carbonyl (C=O) groups is 1. The van der Waals surface area contributed by atoms with Gasteiger partial charge in [-0.2, -0.15) is 0 Å². The van der Waals surface area contributed by atoms with Crippen molar-refractivity contribution in [2.24, 2.45) is 0 Å². The van der Waals surface area contributed by atoms with Crippen LogP contribution in [0.3, 0.4) is 0 Å². The molecule has 0 saturated heterocycles. The minimum atomic E-state index is -3.92. The van der Waals surface area contributed by atoms with E-state index in [0.717, 1.165) is 6.07 Å². The number of rotatable bonds is 5. The van der Waals surface area contributed by atoms with Gasteiger partial charge in [0.25, 0.3) is 10.0 Å². The molecule has 0 bridgehead atoms. The highest BCUT2D eigenvalue weighted by Crippen LogP contribution is 2.26. The van der Waals surface area contributed by atoms with Crippen molar-refractivity contribution in [1.82, 2.24) is 0 Å². The molecule has 2 aromatic carbocycles. The second kappa shape index (κ2) is 5.84. The summed E-state index contributed by atoms with van der Waals surface area (Å²) in [5, 5.41) is 10.8. The van der Waals surface area contributed by atoms with Crippen molar-refractivity contribution in [2.45, 2.75) is 4.90 Å². The van der Waals surface area contributed by atoms with Gasteiger partial charge >= 0.3 is 0 Å². The van der Waals surface area contributed by atoms with Crippen LogP contribution in [0.4, 0.5) is 5.69 Å². The summed E-state index contributed by atoms with van der Waals surface area (Å²) < 4.78 is 31.9. The molecule has 0 aliphatic heterocycles. The molecule has 2 aromatic rings. The van der Waals surface area contributed by atoms with E-state index in [9.17, 15) is 18.3 Å². The van der Waals surface area contributed by atoms with E-state index in [1.807, 2.05) is 0 Å². The van der Waals surface area contributed by atoms with E-state index in [1.54, 1.807) is 24.3 Å². The van der Waals surface area contributed by atoms with Crippen molar-refractivity contribution < 1.29 is 23.1 Å². The summed E-state index contributed by atoms with van der Waals surface area (Å²) in [7, 11) is -2.50. The molecule has 7 heteroatoms. The molecule has 0 unspecified atom stereocenters. The fraction of sp³-hybridized carbons (Fsp3) is 0.0714. The number of sulfonamides is 1. The predicted molar refractivity (Wildman–Crippen MR) is 74.6 cm³/mol.